The van der Waals surface area contributed by atoms with Crippen LogP contribution in [0, 0.1) is 0 Å². The smallest absolute Gasteiger partial charge is 0.0557 e. The number of ether oxygens (including phenoxy) is 1. The molecule has 0 spiro atoms. The first kappa shape index (κ1) is 7.31. The number of hydrogen-bond acceptors (Lipinski definition) is 2. The van der Waals surface area contributed by atoms with E-state index in [0.717, 1.165) is 12.4 Å². The predicted octanol–water partition coefficient (Wildman–Crippen LogP) is 1.34. The maximum atomic E-state index is 5.11. The summed E-state index contributed by atoms with van der Waals surface area (Å²) in [6, 6.07) is 0. The van der Waals surface area contributed by atoms with Gasteiger partial charge in [0, 0.05) is 5.75 Å². The zero-order valence-electron chi connectivity index (χ0n) is 4.85. The molecule has 2 heteroatoms. The third-order valence-corrected chi connectivity index (χ3v) is 0.725. The van der Waals surface area contributed by atoms with Crippen LogP contribution < -0.4 is 0 Å². The van der Waals surface area contributed by atoms with Crippen LogP contribution in [-0.2, 0) is 4.74 Å². The van der Waals surface area contributed by atoms with Gasteiger partial charge in [0.1, 0.15) is 0 Å². The van der Waals surface area contributed by atoms with E-state index in [1.807, 2.05) is 13.8 Å². The Balaban J connectivity index is 2.68. The van der Waals surface area contributed by atoms with Crippen molar-refractivity contribution >= 4 is 12.6 Å². The van der Waals surface area contributed by atoms with Crippen molar-refractivity contribution in [2.75, 3.05) is 12.4 Å². The van der Waals surface area contributed by atoms with Crippen LogP contribution in [0.3, 0.4) is 0 Å². The van der Waals surface area contributed by atoms with Gasteiger partial charge in [-0.2, -0.15) is 12.6 Å². The van der Waals surface area contributed by atoms with Gasteiger partial charge in [0.2, 0.25) is 0 Å². The second-order valence-corrected chi connectivity index (χ2v) is 2.09. The third-order valence-electron chi connectivity index (χ3n) is 0.542. The summed E-state index contributed by atoms with van der Waals surface area (Å²) in [6.45, 7) is 4.80. The molecule has 0 aromatic rings. The van der Waals surface area contributed by atoms with Crippen LogP contribution in [0.4, 0.5) is 0 Å². The minimum Gasteiger partial charge on any atom is -0.378 e. The molecule has 0 heterocycles. The molecule has 0 aromatic carbocycles. The molecular weight excluding hydrogens is 108 g/mol. The van der Waals surface area contributed by atoms with E-state index in [1.165, 1.54) is 0 Å². The molecule has 0 aromatic heterocycles. The summed E-state index contributed by atoms with van der Waals surface area (Å²) < 4.78 is 5.11. The van der Waals surface area contributed by atoms with Gasteiger partial charge >= 0.3 is 0 Å². The zero-order valence-corrected chi connectivity index (χ0v) is 5.74. The Bertz CT molecular complexity index is 37.1. The van der Waals surface area contributed by atoms with E-state index in [9.17, 15) is 0 Å². The van der Waals surface area contributed by atoms with Gasteiger partial charge in [-0.1, -0.05) is 0 Å². The Hall–Kier alpha value is 0.310. The van der Waals surface area contributed by atoms with Crippen molar-refractivity contribution in [3.63, 3.8) is 0 Å². The maximum absolute atomic E-state index is 5.11. The van der Waals surface area contributed by atoms with Crippen molar-refractivity contribution in [2.24, 2.45) is 0 Å². The largest absolute Gasteiger partial charge is 0.378 e. The van der Waals surface area contributed by atoms with Gasteiger partial charge in [-0.15, -0.1) is 0 Å². The predicted molar refractivity (Wildman–Crippen MR) is 34.9 cm³/mol. The van der Waals surface area contributed by atoms with Crippen LogP contribution in [0.5, 0.6) is 0 Å². The first-order valence-corrected chi connectivity index (χ1v) is 3.13. The molecule has 0 bridgehead atoms. The minimum atomic E-state index is 0.354. The molecule has 0 aliphatic heterocycles. The lowest BCUT2D eigenvalue weighted by molar-refractivity contribution is 0.0922. The van der Waals surface area contributed by atoms with Gasteiger partial charge in [0.15, 0.2) is 0 Å². The summed E-state index contributed by atoms with van der Waals surface area (Å²) in [7, 11) is 0. The highest BCUT2D eigenvalue weighted by Crippen LogP contribution is 1.86. The minimum absolute atomic E-state index is 0.354. The Morgan fingerprint density at radius 2 is 2.14 bits per heavy atom. The molecule has 0 aliphatic carbocycles. The van der Waals surface area contributed by atoms with Crippen molar-refractivity contribution in [3.8, 4) is 0 Å². The van der Waals surface area contributed by atoms with E-state index in [0.29, 0.717) is 6.10 Å². The molecule has 0 fully saturated rings. The van der Waals surface area contributed by atoms with E-state index in [1.54, 1.807) is 0 Å². The summed E-state index contributed by atoms with van der Waals surface area (Å²) in [6.07, 6.45) is 0.354. The highest BCUT2D eigenvalue weighted by Gasteiger charge is 1.87. The van der Waals surface area contributed by atoms with Crippen LogP contribution in [0.2, 0.25) is 0 Å². The van der Waals surface area contributed by atoms with Crippen LogP contribution in [0.25, 0.3) is 0 Å². The molecule has 0 saturated carbocycles. The summed E-state index contributed by atoms with van der Waals surface area (Å²) in [5, 5.41) is 0. The summed E-state index contributed by atoms with van der Waals surface area (Å²) in [5.74, 6) is 0.818. The topological polar surface area (TPSA) is 9.23 Å². The molecule has 1 nitrogen and oxygen atoms in total. The molecule has 0 saturated heterocycles. The lowest BCUT2D eigenvalue weighted by Gasteiger charge is -2.02. The second kappa shape index (κ2) is 4.47. The lowest BCUT2D eigenvalue weighted by Crippen LogP contribution is -2.03. The summed E-state index contributed by atoms with van der Waals surface area (Å²) in [5.41, 5.74) is 0. The van der Waals surface area contributed by atoms with Crippen molar-refractivity contribution in [2.45, 2.75) is 20.0 Å². The second-order valence-electron chi connectivity index (χ2n) is 1.64. The molecule has 7 heavy (non-hydrogen) atoms. The average molecular weight is 120 g/mol. The van der Waals surface area contributed by atoms with Gasteiger partial charge in [-0.3, -0.25) is 0 Å². The number of rotatable bonds is 3. The molecule has 0 N–H and O–H groups in total. The van der Waals surface area contributed by atoms with E-state index in [4.69, 9.17) is 4.74 Å². The molecule has 0 amide bonds. The SMILES string of the molecule is CC(C)OCCS. The first-order valence-electron chi connectivity index (χ1n) is 2.50. The van der Waals surface area contributed by atoms with Crippen molar-refractivity contribution < 1.29 is 4.74 Å². The van der Waals surface area contributed by atoms with E-state index >= 15 is 0 Å². The van der Waals surface area contributed by atoms with Gasteiger partial charge in [0.25, 0.3) is 0 Å². The Kier molecular flexibility index (Phi) is 4.67. The lowest BCUT2D eigenvalue weighted by atomic mass is 10.5. The monoisotopic (exact) mass is 120 g/mol. The summed E-state index contributed by atoms with van der Waals surface area (Å²) >= 11 is 3.97. The van der Waals surface area contributed by atoms with Gasteiger partial charge in [-0.05, 0) is 13.8 Å². The van der Waals surface area contributed by atoms with E-state index in [-0.39, 0.29) is 0 Å². The van der Waals surface area contributed by atoms with E-state index in [2.05, 4.69) is 12.6 Å². The molecule has 0 aliphatic rings. The fraction of sp³-hybridized carbons (Fsp3) is 1.00. The third kappa shape index (κ3) is 6.31. The van der Waals surface area contributed by atoms with Gasteiger partial charge in [-0.25, -0.2) is 0 Å². The highest BCUT2D eigenvalue weighted by molar-refractivity contribution is 7.80. The van der Waals surface area contributed by atoms with Crippen molar-refractivity contribution in [3.05, 3.63) is 0 Å². The summed E-state index contributed by atoms with van der Waals surface area (Å²) in [4.78, 5) is 0. The first-order chi connectivity index (χ1) is 3.27. The Morgan fingerprint density at radius 3 is 2.29 bits per heavy atom. The Morgan fingerprint density at radius 1 is 1.57 bits per heavy atom. The van der Waals surface area contributed by atoms with Crippen LogP contribution in [0.15, 0.2) is 0 Å². The van der Waals surface area contributed by atoms with Gasteiger partial charge < -0.3 is 4.74 Å². The molecule has 0 rings (SSSR count). The van der Waals surface area contributed by atoms with Crippen molar-refractivity contribution in [1.29, 1.82) is 0 Å². The molecule has 44 valence electrons. The average Bonchev–Trinajstić information content (AvgIpc) is 1.61. The normalized spacial score (nSPS) is 10.3. The fourth-order valence-corrected chi connectivity index (χ4v) is 0.394. The molecule has 0 atom stereocenters. The zero-order chi connectivity index (χ0) is 5.70. The maximum Gasteiger partial charge on any atom is 0.0557 e. The quantitative estimate of drug-likeness (QED) is 0.553. The fourth-order valence-electron chi connectivity index (χ4n) is 0.288. The number of hydrogen-bond donors (Lipinski definition) is 1. The number of thiol groups is 1. The molecule has 0 unspecified atom stereocenters. The van der Waals surface area contributed by atoms with Gasteiger partial charge in [0.05, 0.1) is 12.7 Å². The Labute approximate surface area is 50.5 Å². The highest BCUT2D eigenvalue weighted by atomic mass is 32.1. The van der Waals surface area contributed by atoms with Crippen molar-refractivity contribution in [1.82, 2.24) is 0 Å². The van der Waals surface area contributed by atoms with Crippen LogP contribution >= 0.6 is 12.6 Å². The standard InChI is InChI=1S/C5H12OS/c1-5(2)6-3-4-7/h5,7H,3-4H2,1-2H3. The van der Waals surface area contributed by atoms with Crippen LogP contribution in [-0.4, -0.2) is 18.5 Å². The van der Waals surface area contributed by atoms with E-state index < -0.39 is 0 Å². The molecular formula is C5H12OS. The van der Waals surface area contributed by atoms with Crippen LogP contribution in [0.1, 0.15) is 13.8 Å². The molecule has 0 radical (unpaired) electrons.